The van der Waals surface area contributed by atoms with Gasteiger partial charge >= 0.3 is 0 Å². The number of hydrogen-bond acceptors (Lipinski definition) is 3. The second-order valence-electron chi connectivity index (χ2n) is 4.33. The average Bonchev–Trinajstić information content (AvgIpc) is 2.46. The largest absolute Gasteiger partial charge is 0.481 e. The van der Waals surface area contributed by atoms with Gasteiger partial charge in [0.25, 0.3) is 5.91 Å². The van der Waals surface area contributed by atoms with Gasteiger partial charge in [-0.1, -0.05) is 13.8 Å². The zero-order valence-corrected chi connectivity index (χ0v) is 12.0. The monoisotopic (exact) mass is 276 g/mol. The number of pyridine rings is 1. The lowest BCUT2D eigenvalue weighted by Gasteiger charge is -2.26. The second-order valence-corrected chi connectivity index (χ2v) is 4.33. The van der Waals surface area contributed by atoms with Crippen LogP contribution in [0.15, 0.2) is 18.3 Å². The molecule has 0 bridgehead atoms. The third-order valence-electron chi connectivity index (χ3n) is 3.16. The standard InChI is InChI=1S/C13H11FN2O2.C2H6/c1-7-3-8-10(4-9(7)14)15-5-11-13(8)18-6-12(17)16(11)2;1-2/h3-5H,6H2,1-2H3;1-2H3. The summed E-state index contributed by atoms with van der Waals surface area (Å²) in [5.74, 6) is 0.169. The zero-order valence-electron chi connectivity index (χ0n) is 12.0. The van der Waals surface area contributed by atoms with Gasteiger partial charge in [0, 0.05) is 18.5 Å². The number of hydrogen-bond donors (Lipinski definition) is 0. The highest BCUT2D eigenvalue weighted by Gasteiger charge is 2.24. The molecule has 0 saturated heterocycles. The van der Waals surface area contributed by atoms with Crippen LogP contribution in [0.4, 0.5) is 10.1 Å². The quantitative estimate of drug-likeness (QED) is 0.742. The molecule has 5 heteroatoms. The van der Waals surface area contributed by atoms with E-state index in [0.29, 0.717) is 22.5 Å². The first-order chi connectivity index (χ1) is 9.58. The minimum absolute atomic E-state index is 0.000955. The fourth-order valence-corrected chi connectivity index (χ4v) is 2.04. The van der Waals surface area contributed by atoms with Gasteiger partial charge in [-0.15, -0.1) is 0 Å². The van der Waals surface area contributed by atoms with Crippen molar-refractivity contribution in [3.05, 3.63) is 29.7 Å². The Kier molecular flexibility index (Phi) is 3.88. The number of carbonyl (C=O) groups is 1. The fourth-order valence-electron chi connectivity index (χ4n) is 2.04. The Morgan fingerprint density at radius 3 is 2.75 bits per heavy atom. The van der Waals surface area contributed by atoms with Crippen LogP contribution in [0, 0.1) is 12.7 Å². The van der Waals surface area contributed by atoms with Gasteiger partial charge in [-0.2, -0.15) is 0 Å². The first kappa shape index (κ1) is 14.2. The molecule has 0 atom stereocenters. The van der Waals surface area contributed by atoms with Crippen LogP contribution in [0.2, 0.25) is 0 Å². The molecule has 0 N–H and O–H groups in total. The van der Waals surface area contributed by atoms with E-state index in [-0.39, 0.29) is 18.3 Å². The maximum Gasteiger partial charge on any atom is 0.264 e. The normalized spacial score (nSPS) is 13.4. The Bertz CT molecular complexity index is 670. The van der Waals surface area contributed by atoms with Crippen LogP contribution in [0.5, 0.6) is 5.75 Å². The van der Waals surface area contributed by atoms with Crippen molar-refractivity contribution in [1.82, 2.24) is 4.98 Å². The van der Waals surface area contributed by atoms with Crippen molar-refractivity contribution in [3.8, 4) is 5.75 Å². The number of aromatic nitrogens is 1. The van der Waals surface area contributed by atoms with Crippen molar-refractivity contribution in [2.45, 2.75) is 20.8 Å². The molecule has 1 aliphatic rings. The molecule has 0 unspecified atom stereocenters. The number of fused-ring (bicyclic) bond motifs is 3. The number of carbonyl (C=O) groups excluding carboxylic acids is 1. The summed E-state index contributed by atoms with van der Waals surface area (Å²) in [7, 11) is 1.67. The Balaban J connectivity index is 0.000000704. The minimum Gasteiger partial charge on any atom is -0.481 e. The highest BCUT2D eigenvalue weighted by atomic mass is 19.1. The lowest BCUT2D eigenvalue weighted by molar-refractivity contribution is -0.120. The lowest BCUT2D eigenvalue weighted by atomic mass is 10.1. The topological polar surface area (TPSA) is 42.4 Å². The van der Waals surface area contributed by atoms with Gasteiger partial charge in [0.15, 0.2) is 12.4 Å². The van der Waals surface area contributed by atoms with Crippen molar-refractivity contribution in [3.63, 3.8) is 0 Å². The fraction of sp³-hybridized carbons (Fsp3) is 0.333. The van der Waals surface area contributed by atoms with E-state index >= 15 is 0 Å². The van der Waals surface area contributed by atoms with Crippen molar-refractivity contribution >= 4 is 22.5 Å². The second kappa shape index (κ2) is 5.45. The van der Waals surface area contributed by atoms with Gasteiger partial charge in [-0.05, 0) is 18.6 Å². The first-order valence-corrected chi connectivity index (χ1v) is 6.56. The molecule has 106 valence electrons. The van der Waals surface area contributed by atoms with Gasteiger partial charge in [-0.3, -0.25) is 9.78 Å². The maximum absolute atomic E-state index is 13.5. The Morgan fingerprint density at radius 2 is 2.05 bits per heavy atom. The van der Waals surface area contributed by atoms with Crippen molar-refractivity contribution in [1.29, 1.82) is 0 Å². The van der Waals surface area contributed by atoms with Crippen LogP contribution in [0.25, 0.3) is 10.9 Å². The molecule has 0 spiro atoms. The Morgan fingerprint density at radius 1 is 1.35 bits per heavy atom. The summed E-state index contributed by atoms with van der Waals surface area (Å²) < 4.78 is 18.9. The number of amides is 1. The highest BCUT2D eigenvalue weighted by molar-refractivity contribution is 6.02. The first-order valence-electron chi connectivity index (χ1n) is 6.56. The summed E-state index contributed by atoms with van der Waals surface area (Å²) in [6, 6.07) is 3.07. The molecule has 0 aliphatic carbocycles. The maximum atomic E-state index is 13.5. The van der Waals surface area contributed by atoms with E-state index in [2.05, 4.69) is 4.98 Å². The molecule has 2 heterocycles. The zero-order chi connectivity index (χ0) is 14.9. The van der Waals surface area contributed by atoms with Gasteiger partial charge in [0.05, 0.1) is 11.7 Å². The lowest BCUT2D eigenvalue weighted by Crippen LogP contribution is -2.35. The molecule has 0 fully saturated rings. The number of ether oxygens (including phenoxy) is 1. The molecule has 20 heavy (non-hydrogen) atoms. The molecule has 0 radical (unpaired) electrons. The third kappa shape index (κ3) is 2.19. The SMILES string of the molecule is CC.Cc1cc2c3c(cnc2cc1F)N(C)C(=O)CO3. The van der Waals surface area contributed by atoms with Gasteiger partial charge in [0.1, 0.15) is 11.5 Å². The molecule has 1 aliphatic heterocycles. The number of rotatable bonds is 0. The third-order valence-corrected chi connectivity index (χ3v) is 3.16. The van der Waals surface area contributed by atoms with Gasteiger partial charge < -0.3 is 9.64 Å². The van der Waals surface area contributed by atoms with Crippen molar-refractivity contribution < 1.29 is 13.9 Å². The predicted octanol–water partition coefficient (Wildman–Crippen LogP) is 3.06. The smallest absolute Gasteiger partial charge is 0.264 e. The molecule has 3 rings (SSSR count). The number of benzene rings is 1. The number of nitrogens with zero attached hydrogens (tertiary/aromatic N) is 2. The van der Waals surface area contributed by atoms with Crippen LogP contribution in [0.3, 0.4) is 0 Å². The summed E-state index contributed by atoms with van der Waals surface area (Å²) in [5, 5.41) is 0.728. The van der Waals surface area contributed by atoms with Crippen LogP contribution >= 0.6 is 0 Å². The number of likely N-dealkylation sites (N-methyl/N-ethyl adjacent to an activating group) is 1. The summed E-state index contributed by atoms with van der Waals surface area (Å²) in [6.07, 6.45) is 1.53. The molecule has 4 nitrogen and oxygen atoms in total. The van der Waals surface area contributed by atoms with E-state index in [4.69, 9.17) is 4.74 Å². The number of aryl methyl sites for hydroxylation is 1. The molecule has 1 amide bonds. The van der Waals surface area contributed by atoms with Crippen LogP contribution in [0.1, 0.15) is 19.4 Å². The van der Waals surface area contributed by atoms with E-state index in [1.165, 1.54) is 17.2 Å². The van der Waals surface area contributed by atoms with Crippen molar-refractivity contribution in [2.75, 3.05) is 18.6 Å². The van der Waals surface area contributed by atoms with E-state index in [0.717, 1.165) is 5.39 Å². The Hall–Kier alpha value is -2.17. The average molecular weight is 276 g/mol. The van der Waals surface area contributed by atoms with Crippen LogP contribution in [-0.4, -0.2) is 24.5 Å². The molecule has 1 aromatic carbocycles. The summed E-state index contributed by atoms with van der Waals surface area (Å²) in [6.45, 7) is 5.69. The molecular weight excluding hydrogens is 259 g/mol. The molecular formula is C15H17FN2O2. The van der Waals surface area contributed by atoms with Gasteiger partial charge in [0.2, 0.25) is 0 Å². The van der Waals surface area contributed by atoms with E-state index in [9.17, 15) is 9.18 Å². The summed E-state index contributed by atoms with van der Waals surface area (Å²) in [5.41, 5.74) is 1.67. The Labute approximate surface area is 117 Å². The van der Waals surface area contributed by atoms with Gasteiger partial charge in [-0.25, -0.2) is 4.39 Å². The molecule has 1 aromatic heterocycles. The molecule has 0 saturated carbocycles. The van der Waals surface area contributed by atoms with E-state index in [1.54, 1.807) is 20.0 Å². The highest BCUT2D eigenvalue weighted by Crippen LogP contribution is 2.37. The number of anilines is 1. The molecule has 2 aromatic rings. The van der Waals surface area contributed by atoms with E-state index < -0.39 is 0 Å². The van der Waals surface area contributed by atoms with Crippen LogP contribution in [-0.2, 0) is 4.79 Å². The predicted molar refractivity (Wildman–Crippen MR) is 76.7 cm³/mol. The van der Waals surface area contributed by atoms with Crippen LogP contribution < -0.4 is 9.64 Å². The number of halogens is 1. The minimum atomic E-state index is -0.296. The summed E-state index contributed by atoms with van der Waals surface area (Å²) in [4.78, 5) is 17.2. The van der Waals surface area contributed by atoms with E-state index in [1.807, 2.05) is 13.8 Å². The summed E-state index contributed by atoms with van der Waals surface area (Å²) >= 11 is 0. The van der Waals surface area contributed by atoms with Crippen molar-refractivity contribution in [2.24, 2.45) is 0 Å².